The number of nitrogens with zero attached hydrogens (tertiary/aromatic N) is 2. The fourth-order valence-electron chi connectivity index (χ4n) is 2.74. The number of aliphatic imine (C=N–C) groups is 1. The van der Waals surface area contributed by atoms with Gasteiger partial charge in [0.25, 0.3) is 0 Å². The first-order valence-electron chi connectivity index (χ1n) is 8.40. The van der Waals surface area contributed by atoms with Crippen molar-refractivity contribution in [3.8, 4) is 0 Å². The molecule has 1 aliphatic rings. The van der Waals surface area contributed by atoms with Gasteiger partial charge < -0.3 is 15.5 Å². The van der Waals surface area contributed by atoms with Crippen molar-refractivity contribution >= 4 is 23.6 Å². The lowest BCUT2D eigenvalue weighted by molar-refractivity contribution is -0.120. The van der Waals surface area contributed by atoms with E-state index in [0.29, 0.717) is 6.54 Å². The minimum atomic E-state index is -0.00211. The molecule has 0 atom stereocenters. The number of carbonyl (C=O) groups is 1. The molecule has 0 bridgehead atoms. The molecule has 0 spiro atoms. The topological polar surface area (TPSA) is 56.7 Å². The van der Waals surface area contributed by atoms with Gasteiger partial charge in [0.05, 0.1) is 6.54 Å². The number of guanidine groups is 1. The molecule has 6 heteroatoms. The molecule has 1 aromatic carbocycles. The number of rotatable bonds is 5. The average Bonchev–Trinajstić information content (AvgIpc) is 2.55. The quantitative estimate of drug-likeness (QED) is 0.629. The highest BCUT2D eigenvalue weighted by Gasteiger charge is 2.28. The largest absolute Gasteiger partial charge is 0.354 e. The molecule has 1 heterocycles. The summed E-state index contributed by atoms with van der Waals surface area (Å²) in [6.07, 6.45) is 0.846. The number of benzene rings is 1. The summed E-state index contributed by atoms with van der Waals surface area (Å²) in [5.74, 6) is 1.89. The summed E-state index contributed by atoms with van der Waals surface area (Å²) in [7, 11) is 1.77. The third kappa shape index (κ3) is 6.07. The number of hydrogen-bond acceptors (Lipinski definition) is 3. The Bertz CT molecular complexity index is 559. The maximum Gasteiger partial charge on any atom is 0.239 e. The Morgan fingerprint density at radius 2 is 2.04 bits per heavy atom. The van der Waals surface area contributed by atoms with Crippen LogP contribution in [0.1, 0.15) is 19.4 Å². The molecule has 0 radical (unpaired) electrons. The highest BCUT2D eigenvalue weighted by molar-refractivity contribution is 8.00. The van der Waals surface area contributed by atoms with Gasteiger partial charge in [0, 0.05) is 37.2 Å². The van der Waals surface area contributed by atoms with Crippen molar-refractivity contribution in [2.24, 2.45) is 4.99 Å². The van der Waals surface area contributed by atoms with Crippen molar-refractivity contribution in [1.29, 1.82) is 0 Å². The van der Waals surface area contributed by atoms with E-state index in [2.05, 4.69) is 46.5 Å². The second-order valence-corrected chi connectivity index (χ2v) is 8.32. The van der Waals surface area contributed by atoms with Gasteiger partial charge in [-0.3, -0.25) is 9.79 Å². The minimum absolute atomic E-state index is 0.00211. The molecule has 24 heavy (non-hydrogen) atoms. The van der Waals surface area contributed by atoms with Gasteiger partial charge in [-0.15, -0.1) is 0 Å². The molecule has 1 fully saturated rings. The minimum Gasteiger partial charge on any atom is -0.354 e. The second kappa shape index (κ2) is 8.97. The Balaban J connectivity index is 1.71. The predicted molar refractivity (Wildman–Crippen MR) is 103 cm³/mol. The number of thioether (sulfide) groups is 1. The molecule has 0 aromatic heterocycles. The fourth-order valence-corrected chi connectivity index (χ4v) is 3.85. The lowest BCUT2D eigenvalue weighted by Gasteiger charge is -2.39. The van der Waals surface area contributed by atoms with Gasteiger partial charge in [0.1, 0.15) is 0 Å². The lowest BCUT2D eigenvalue weighted by Crippen LogP contribution is -2.52. The van der Waals surface area contributed by atoms with Crippen molar-refractivity contribution in [3.05, 3.63) is 35.9 Å². The van der Waals surface area contributed by atoms with E-state index >= 15 is 0 Å². The SMILES string of the molecule is CN=C(NCC(=O)NCCc1ccccc1)N1CCSC(C)(C)C1. The van der Waals surface area contributed by atoms with Crippen LogP contribution in [0.2, 0.25) is 0 Å². The van der Waals surface area contributed by atoms with Crippen molar-refractivity contribution < 1.29 is 4.79 Å². The highest BCUT2D eigenvalue weighted by atomic mass is 32.2. The van der Waals surface area contributed by atoms with E-state index < -0.39 is 0 Å². The molecule has 1 amide bonds. The normalized spacial score (nSPS) is 17.5. The van der Waals surface area contributed by atoms with Crippen LogP contribution in [0, 0.1) is 0 Å². The Labute approximate surface area is 149 Å². The highest BCUT2D eigenvalue weighted by Crippen LogP contribution is 2.29. The van der Waals surface area contributed by atoms with Gasteiger partial charge in [-0.05, 0) is 25.8 Å². The monoisotopic (exact) mass is 348 g/mol. The smallest absolute Gasteiger partial charge is 0.239 e. The van der Waals surface area contributed by atoms with Crippen LogP contribution in [0.15, 0.2) is 35.3 Å². The molecular formula is C18H28N4OS. The predicted octanol–water partition coefficient (Wildman–Crippen LogP) is 1.75. The maximum absolute atomic E-state index is 12.0. The van der Waals surface area contributed by atoms with E-state index in [0.717, 1.165) is 31.2 Å². The summed E-state index contributed by atoms with van der Waals surface area (Å²) < 4.78 is 0.216. The van der Waals surface area contributed by atoms with Gasteiger partial charge in [-0.1, -0.05) is 30.3 Å². The van der Waals surface area contributed by atoms with Crippen LogP contribution in [0.3, 0.4) is 0 Å². The van der Waals surface area contributed by atoms with Crippen LogP contribution in [-0.4, -0.2) is 60.5 Å². The Kier molecular flexibility index (Phi) is 6.97. The summed E-state index contributed by atoms with van der Waals surface area (Å²) in [5.41, 5.74) is 1.23. The van der Waals surface area contributed by atoms with Gasteiger partial charge in [-0.2, -0.15) is 11.8 Å². The molecule has 1 aliphatic heterocycles. The molecule has 132 valence electrons. The third-order valence-corrected chi connectivity index (χ3v) is 5.22. The van der Waals surface area contributed by atoms with E-state index in [1.54, 1.807) is 7.05 Å². The Hall–Kier alpha value is -1.69. The molecule has 2 N–H and O–H groups in total. The number of carbonyl (C=O) groups excluding carboxylic acids is 1. The summed E-state index contributed by atoms with van der Waals surface area (Å²) in [6.45, 7) is 7.29. The number of nitrogens with one attached hydrogen (secondary N) is 2. The van der Waals surface area contributed by atoms with Crippen molar-refractivity contribution in [3.63, 3.8) is 0 Å². The zero-order valence-electron chi connectivity index (χ0n) is 14.8. The number of hydrogen-bond donors (Lipinski definition) is 2. The van der Waals surface area contributed by atoms with Gasteiger partial charge >= 0.3 is 0 Å². The van der Waals surface area contributed by atoms with Gasteiger partial charge in [-0.25, -0.2) is 0 Å². The first-order valence-corrected chi connectivity index (χ1v) is 9.39. The molecule has 5 nitrogen and oxygen atoms in total. The standard InChI is InChI=1S/C18H28N4OS/c1-18(2)14-22(11-12-24-18)17(19-3)21-13-16(23)20-10-9-15-7-5-4-6-8-15/h4-8H,9-14H2,1-3H3,(H,19,21)(H,20,23). The third-order valence-electron chi connectivity index (χ3n) is 3.92. The van der Waals surface area contributed by atoms with Gasteiger partial charge in [0.2, 0.25) is 5.91 Å². The molecule has 2 rings (SSSR count). The van der Waals surface area contributed by atoms with E-state index in [4.69, 9.17) is 0 Å². The average molecular weight is 349 g/mol. The summed E-state index contributed by atoms with van der Waals surface area (Å²) in [6, 6.07) is 10.2. The molecule has 1 saturated heterocycles. The second-order valence-electron chi connectivity index (χ2n) is 6.52. The van der Waals surface area contributed by atoms with E-state index in [9.17, 15) is 4.79 Å². The van der Waals surface area contributed by atoms with Crippen molar-refractivity contribution in [1.82, 2.24) is 15.5 Å². The summed E-state index contributed by atoms with van der Waals surface area (Å²) in [4.78, 5) is 18.6. The zero-order valence-corrected chi connectivity index (χ0v) is 15.7. The fraction of sp³-hybridized carbons (Fsp3) is 0.556. The van der Waals surface area contributed by atoms with E-state index in [1.165, 1.54) is 5.56 Å². The molecule has 0 unspecified atom stereocenters. The lowest BCUT2D eigenvalue weighted by atomic mass is 10.1. The molecule has 0 aliphatic carbocycles. The first-order chi connectivity index (χ1) is 11.5. The summed E-state index contributed by atoms with van der Waals surface area (Å²) >= 11 is 1.98. The zero-order chi connectivity index (χ0) is 17.4. The molecule has 0 saturated carbocycles. The molecule has 1 aromatic rings. The van der Waals surface area contributed by atoms with E-state index in [-0.39, 0.29) is 17.2 Å². The molecular weight excluding hydrogens is 320 g/mol. The van der Waals surface area contributed by atoms with Crippen LogP contribution in [0.25, 0.3) is 0 Å². The van der Waals surface area contributed by atoms with Crippen LogP contribution < -0.4 is 10.6 Å². The van der Waals surface area contributed by atoms with Crippen LogP contribution in [-0.2, 0) is 11.2 Å². The number of amides is 1. The van der Waals surface area contributed by atoms with E-state index in [1.807, 2.05) is 30.0 Å². The summed E-state index contributed by atoms with van der Waals surface area (Å²) in [5, 5.41) is 6.13. The maximum atomic E-state index is 12.0. The van der Waals surface area contributed by atoms with Crippen LogP contribution in [0.5, 0.6) is 0 Å². The van der Waals surface area contributed by atoms with Gasteiger partial charge in [0.15, 0.2) is 5.96 Å². The van der Waals surface area contributed by atoms with Crippen LogP contribution >= 0.6 is 11.8 Å². The van der Waals surface area contributed by atoms with Crippen molar-refractivity contribution in [2.75, 3.05) is 39.0 Å². The van der Waals surface area contributed by atoms with Crippen molar-refractivity contribution in [2.45, 2.75) is 25.0 Å². The first kappa shape index (κ1) is 18.6. The Morgan fingerprint density at radius 3 is 2.71 bits per heavy atom. The van der Waals surface area contributed by atoms with Crippen LogP contribution in [0.4, 0.5) is 0 Å². The Morgan fingerprint density at radius 1 is 1.29 bits per heavy atom.